The molecule has 1 amide bonds. The van der Waals surface area contributed by atoms with Crippen molar-refractivity contribution in [2.45, 2.75) is 24.5 Å². The SMILES string of the molecule is CCOc1ccc(SCc2csc(NC(C)=O)n2)cc1. The fourth-order valence-electron chi connectivity index (χ4n) is 1.54. The first-order chi connectivity index (χ1) is 9.67. The quantitative estimate of drug-likeness (QED) is 0.825. The molecule has 0 fully saturated rings. The van der Waals surface area contributed by atoms with Crippen molar-refractivity contribution in [2.75, 3.05) is 11.9 Å². The van der Waals surface area contributed by atoms with Crippen molar-refractivity contribution >= 4 is 34.1 Å². The third-order valence-electron chi connectivity index (χ3n) is 2.36. The molecule has 0 saturated carbocycles. The van der Waals surface area contributed by atoms with Gasteiger partial charge in [-0.15, -0.1) is 23.1 Å². The lowest BCUT2D eigenvalue weighted by Gasteiger charge is -2.04. The molecule has 1 aromatic carbocycles. The van der Waals surface area contributed by atoms with E-state index in [0.29, 0.717) is 11.7 Å². The number of carbonyl (C=O) groups excluding carboxylic acids is 1. The van der Waals surface area contributed by atoms with Crippen molar-refractivity contribution in [3.63, 3.8) is 0 Å². The van der Waals surface area contributed by atoms with Crippen molar-refractivity contribution in [1.29, 1.82) is 0 Å². The number of nitrogens with zero attached hydrogens (tertiary/aromatic N) is 1. The van der Waals surface area contributed by atoms with Crippen LogP contribution in [0.4, 0.5) is 5.13 Å². The Kier molecular flexibility index (Phi) is 5.43. The van der Waals surface area contributed by atoms with E-state index in [2.05, 4.69) is 10.3 Å². The van der Waals surface area contributed by atoms with E-state index < -0.39 is 0 Å². The number of amides is 1. The minimum Gasteiger partial charge on any atom is -0.494 e. The molecule has 0 atom stereocenters. The van der Waals surface area contributed by atoms with Crippen LogP contribution in [0.2, 0.25) is 0 Å². The van der Waals surface area contributed by atoms with E-state index in [0.717, 1.165) is 17.2 Å². The maximum atomic E-state index is 10.9. The van der Waals surface area contributed by atoms with Gasteiger partial charge in [0.05, 0.1) is 12.3 Å². The van der Waals surface area contributed by atoms with Gasteiger partial charge < -0.3 is 10.1 Å². The lowest BCUT2D eigenvalue weighted by molar-refractivity contribution is -0.114. The highest BCUT2D eigenvalue weighted by molar-refractivity contribution is 7.98. The number of hydrogen-bond donors (Lipinski definition) is 1. The molecule has 0 radical (unpaired) electrons. The van der Waals surface area contributed by atoms with Crippen LogP contribution in [0.25, 0.3) is 0 Å². The second kappa shape index (κ2) is 7.31. The van der Waals surface area contributed by atoms with E-state index in [1.165, 1.54) is 23.2 Å². The van der Waals surface area contributed by atoms with Gasteiger partial charge in [-0.2, -0.15) is 0 Å². The third kappa shape index (κ3) is 4.54. The minimum atomic E-state index is -0.0925. The zero-order valence-corrected chi connectivity index (χ0v) is 13.0. The average Bonchev–Trinajstić information content (AvgIpc) is 2.85. The first-order valence-electron chi connectivity index (χ1n) is 6.25. The maximum Gasteiger partial charge on any atom is 0.223 e. The van der Waals surface area contributed by atoms with Crippen molar-refractivity contribution < 1.29 is 9.53 Å². The normalized spacial score (nSPS) is 10.3. The zero-order valence-electron chi connectivity index (χ0n) is 11.4. The van der Waals surface area contributed by atoms with Crippen molar-refractivity contribution in [2.24, 2.45) is 0 Å². The van der Waals surface area contributed by atoms with E-state index in [9.17, 15) is 4.79 Å². The molecule has 1 aromatic heterocycles. The van der Waals surface area contributed by atoms with E-state index in [1.54, 1.807) is 11.8 Å². The molecule has 2 rings (SSSR count). The van der Waals surface area contributed by atoms with Gasteiger partial charge in [0.1, 0.15) is 5.75 Å². The predicted molar refractivity (Wildman–Crippen MR) is 83.6 cm³/mol. The van der Waals surface area contributed by atoms with Crippen LogP contribution in [0.1, 0.15) is 19.5 Å². The lowest BCUT2D eigenvalue weighted by Crippen LogP contribution is -2.05. The van der Waals surface area contributed by atoms with Crippen molar-refractivity contribution in [1.82, 2.24) is 4.98 Å². The highest BCUT2D eigenvalue weighted by Gasteiger charge is 2.04. The summed E-state index contributed by atoms with van der Waals surface area (Å²) in [6.45, 7) is 4.13. The van der Waals surface area contributed by atoms with E-state index in [4.69, 9.17) is 4.74 Å². The van der Waals surface area contributed by atoms with Crippen LogP contribution in [0.5, 0.6) is 5.75 Å². The van der Waals surface area contributed by atoms with Crippen LogP contribution >= 0.6 is 23.1 Å². The largest absolute Gasteiger partial charge is 0.494 e. The number of hydrogen-bond acceptors (Lipinski definition) is 5. The Bertz CT molecular complexity index is 567. The van der Waals surface area contributed by atoms with E-state index in [1.807, 2.05) is 36.6 Å². The molecule has 2 aromatic rings. The van der Waals surface area contributed by atoms with Gasteiger partial charge in [-0.1, -0.05) is 0 Å². The summed E-state index contributed by atoms with van der Waals surface area (Å²) < 4.78 is 5.40. The molecule has 1 heterocycles. The fourth-order valence-corrected chi connectivity index (χ4v) is 3.19. The molecule has 20 heavy (non-hydrogen) atoms. The molecular weight excluding hydrogens is 292 g/mol. The maximum absolute atomic E-state index is 10.9. The van der Waals surface area contributed by atoms with Gasteiger partial charge in [0.2, 0.25) is 5.91 Å². The second-order valence-corrected chi connectivity index (χ2v) is 5.93. The molecule has 0 spiro atoms. The fraction of sp³-hybridized carbons (Fsp3) is 0.286. The van der Waals surface area contributed by atoms with Crippen LogP contribution in [-0.4, -0.2) is 17.5 Å². The summed E-state index contributed by atoms with van der Waals surface area (Å²) in [5.74, 6) is 1.58. The Morgan fingerprint density at radius 1 is 1.40 bits per heavy atom. The van der Waals surface area contributed by atoms with Crippen molar-refractivity contribution in [3.05, 3.63) is 35.3 Å². The van der Waals surface area contributed by atoms with Crippen LogP contribution < -0.4 is 10.1 Å². The van der Waals surface area contributed by atoms with Crippen LogP contribution in [0.15, 0.2) is 34.5 Å². The van der Waals surface area contributed by atoms with Gasteiger partial charge in [0.25, 0.3) is 0 Å². The second-order valence-electron chi connectivity index (χ2n) is 4.02. The molecule has 0 unspecified atom stereocenters. The van der Waals surface area contributed by atoms with Crippen molar-refractivity contribution in [3.8, 4) is 5.75 Å². The summed E-state index contributed by atoms with van der Waals surface area (Å²) in [5.41, 5.74) is 0.970. The number of rotatable bonds is 6. The van der Waals surface area contributed by atoms with Gasteiger partial charge in [0, 0.05) is 23.0 Å². The standard InChI is InChI=1S/C14H16N2O2S2/c1-3-18-12-4-6-13(7-5-12)19-8-11-9-20-14(16-11)15-10(2)17/h4-7,9H,3,8H2,1-2H3,(H,15,16,17). The smallest absolute Gasteiger partial charge is 0.223 e. The molecule has 0 aliphatic heterocycles. The monoisotopic (exact) mass is 308 g/mol. The van der Waals surface area contributed by atoms with Crippen LogP contribution in [0.3, 0.4) is 0 Å². The van der Waals surface area contributed by atoms with Crippen LogP contribution in [-0.2, 0) is 10.5 Å². The molecule has 106 valence electrons. The molecule has 1 N–H and O–H groups in total. The summed E-state index contributed by atoms with van der Waals surface area (Å²) >= 11 is 3.15. The Balaban J connectivity index is 1.88. The Labute approximate surface area is 126 Å². The number of thioether (sulfide) groups is 1. The molecular formula is C14H16N2O2S2. The molecule has 6 heteroatoms. The highest BCUT2D eigenvalue weighted by atomic mass is 32.2. The molecule has 4 nitrogen and oxygen atoms in total. The number of carbonyl (C=O) groups is 1. The molecule has 0 aliphatic rings. The first-order valence-corrected chi connectivity index (χ1v) is 8.11. The number of aromatic nitrogens is 1. The summed E-state index contributed by atoms with van der Waals surface area (Å²) in [7, 11) is 0. The summed E-state index contributed by atoms with van der Waals surface area (Å²) in [5, 5.41) is 5.31. The Hall–Kier alpha value is -1.53. The third-order valence-corrected chi connectivity index (χ3v) is 4.21. The number of benzene rings is 1. The summed E-state index contributed by atoms with van der Waals surface area (Å²) in [6, 6.07) is 8.01. The van der Waals surface area contributed by atoms with Crippen LogP contribution in [0, 0.1) is 0 Å². The number of ether oxygens (including phenoxy) is 1. The molecule has 0 bridgehead atoms. The Morgan fingerprint density at radius 2 is 2.15 bits per heavy atom. The summed E-state index contributed by atoms with van der Waals surface area (Å²) in [6.07, 6.45) is 0. The van der Waals surface area contributed by atoms with Gasteiger partial charge in [0.15, 0.2) is 5.13 Å². The van der Waals surface area contributed by atoms with Gasteiger partial charge in [-0.05, 0) is 31.2 Å². The highest BCUT2D eigenvalue weighted by Crippen LogP contribution is 2.26. The predicted octanol–water partition coefficient (Wildman–Crippen LogP) is 3.79. The number of anilines is 1. The van der Waals surface area contributed by atoms with Gasteiger partial charge >= 0.3 is 0 Å². The topological polar surface area (TPSA) is 51.2 Å². The van der Waals surface area contributed by atoms with E-state index >= 15 is 0 Å². The first kappa shape index (κ1) is 14.9. The number of nitrogens with one attached hydrogen (secondary N) is 1. The van der Waals surface area contributed by atoms with E-state index in [-0.39, 0.29) is 5.91 Å². The van der Waals surface area contributed by atoms with Gasteiger partial charge in [-0.3, -0.25) is 4.79 Å². The average molecular weight is 308 g/mol. The lowest BCUT2D eigenvalue weighted by atomic mass is 10.3. The Morgan fingerprint density at radius 3 is 2.80 bits per heavy atom. The molecule has 0 aliphatic carbocycles. The number of thiazole rings is 1. The van der Waals surface area contributed by atoms with Gasteiger partial charge in [-0.25, -0.2) is 4.98 Å². The summed E-state index contributed by atoms with van der Waals surface area (Å²) in [4.78, 5) is 16.4. The molecule has 0 saturated heterocycles. The minimum absolute atomic E-state index is 0.0925. The zero-order chi connectivity index (χ0) is 14.4.